The van der Waals surface area contributed by atoms with Crippen molar-refractivity contribution in [3.05, 3.63) is 51.0 Å². The summed E-state index contributed by atoms with van der Waals surface area (Å²) in [5.41, 5.74) is 1.98. The Morgan fingerprint density at radius 2 is 2.08 bits per heavy atom. The van der Waals surface area contributed by atoms with Crippen LogP contribution in [0, 0.1) is 6.92 Å². The number of halogens is 2. The van der Waals surface area contributed by atoms with E-state index in [1.807, 2.05) is 31.2 Å². The fourth-order valence-corrected chi connectivity index (χ4v) is 3.62. The monoisotopic (exact) mass is 427 g/mol. The highest BCUT2D eigenvalue weighted by molar-refractivity contribution is 9.10. The van der Waals surface area contributed by atoms with Gasteiger partial charge >= 0.3 is 0 Å². The first-order valence-electron chi connectivity index (χ1n) is 7.88. The summed E-state index contributed by atoms with van der Waals surface area (Å²) in [7, 11) is 0. The quantitative estimate of drug-likeness (QED) is 0.705. The lowest BCUT2D eigenvalue weighted by Gasteiger charge is -2.16. The van der Waals surface area contributed by atoms with Gasteiger partial charge in [0.05, 0.1) is 4.47 Å². The molecule has 1 atom stereocenters. The fraction of sp³-hybridized carbons (Fsp3) is 0.333. The third kappa shape index (κ3) is 4.79. The van der Waals surface area contributed by atoms with Gasteiger partial charge in [-0.1, -0.05) is 17.7 Å². The number of aliphatic hydroxyl groups excluding tert-OH is 1. The topological polar surface area (TPSA) is 60.0 Å². The normalized spacial score (nSPS) is 13.8. The predicted octanol–water partition coefficient (Wildman–Crippen LogP) is 3.67. The highest BCUT2D eigenvalue weighted by Gasteiger charge is 2.14. The summed E-state index contributed by atoms with van der Waals surface area (Å²) < 4.78 is 17.1. The Morgan fingerprint density at radius 3 is 2.88 bits per heavy atom. The number of aliphatic hydroxyl groups is 1. The van der Waals surface area contributed by atoms with E-state index in [0.717, 1.165) is 27.1 Å². The third-order valence-corrected chi connectivity index (χ3v) is 4.57. The molecule has 0 saturated heterocycles. The summed E-state index contributed by atoms with van der Waals surface area (Å²) in [4.78, 5) is 0. The molecule has 1 aliphatic heterocycles. The van der Waals surface area contributed by atoms with Crippen LogP contribution >= 0.6 is 27.5 Å². The van der Waals surface area contributed by atoms with Crippen molar-refractivity contribution in [2.75, 3.05) is 19.9 Å². The molecular weight excluding hydrogens is 410 g/mol. The Hall–Kier alpha value is -1.47. The van der Waals surface area contributed by atoms with Crippen LogP contribution in [0.3, 0.4) is 0 Å². The molecule has 0 amide bonds. The van der Waals surface area contributed by atoms with E-state index in [1.165, 1.54) is 0 Å². The van der Waals surface area contributed by atoms with E-state index >= 15 is 0 Å². The molecule has 2 aromatic carbocycles. The predicted molar refractivity (Wildman–Crippen MR) is 99.7 cm³/mol. The summed E-state index contributed by atoms with van der Waals surface area (Å²) in [6.45, 7) is 3.41. The van der Waals surface area contributed by atoms with Gasteiger partial charge in [-0.3, -0.25) is 0 Å². The Morgan fingerprint density at radius 1 is 1.28 bits per heavy atom. The molecule has 2 N–H and O–H groups in total. The number of rotatable bonds is 7. The van der Waals surface area contributed by atoms with E-state index in [9.17, 15) is 5.11 Å². The minimum atomic E-state index is -0.629. The molecular formula is C18H19BrClNO4. The van der Waals surface area contributed by atoms with Crippen molar-refractivity contribution in [1.82, 2.24) is 5.32 Å². The van der Waals surface area contributed by atoms with Gasteiger partial charge in [-0.25, -0.2) is 0 Å². The first-order valence-corrected chi connectivity index (χ1v) is 9.06. The summed E-state index contributed by atoms with van der Waals surface area (Å²) in [5, 5.41) is 14.0. The zero-order valence-electron chi connectivity index (χ0n) is 13.7. The molecule has 1 unspecified atom stereocenters. The SMILES string of the molecule is Cc1cc(Cl)cc(Br)c1OCC(O)CNCc1ccc2c(c1)OCO2. The minimum absolute atomic E-state index is 0.190. The van der Waals surface area contributed by atoms with Gasteiger partial charge in [-0.2, -0.15) is 0 Å². The van der Waals surface area contributed by atoms with Gasteiger partial charge in [0.2, 0.25) is 6.79 Å². The highest BCUT2D eigenvalue weighted by Crippen LogP contribution is 2.33. The van der Waals surface area contributed by atoms with Crippen LogP contribution in [0.4, 0.5) is 0 Å². The Labute approximate surface area is 160 Å². The number of nitrogens with one attached hydrogen (secondary N) is 1. The van der Waals surface area contributed by atoms with E-state index in [1.54, 1.807) is 6.07 Å². The fourth-order valence-electron chi connectivity index (χ4n) is 2.54. The Kier molecular flexibility index (Phi) is 6.06. The van der Waals surface area contributed by atoms with Crippen molar-refractivity contribution in [2.24, 2.45) is 0 Å². The highest BCUT2D eigenvalue weighted by atomic mass is 79.9. The van der Waals surface area contributed by atoms with Gasteiger partial charge in [0.25, 0.3) is 0 Å². The molecule has 5 nitrogen and oxygen atoms in total. The molecule has 25 heavy (non-hydrogen) atoms. The molecule has 0 aromatic heterocycles. The largest absolute Gasteiger partial charge is 0.489 e. The van der Waals surface area contributed by atoms with Crippen LogP contribution in [0.2, 0.25) is 5.02 Å². The van der Waals surface area contributed by atoms with Gasteiger partial charge in [0, 0.05) is 18.1 Å². The zero-order valence-corrected chi connectivity index (χ0v) is 16.1. The number of hydrogen-bond donors (Lipinski definition) is 2. The number of ether oxygens (including phenoxy) is 3. The molecule has 0 saturated carbocycles. The number of aryl methyl sites for hydroxylation is 1. The van der Waals surface area contributed by atoms with Crippen molar-refractivity contribution in [3.63, 3.8) is 0 Å². The van der Waals surface area contributed by atoms with Crippen molar-refractivity contribution < 1.29 is 19.3 Å². The molecule has 2 aromatic rings. The van der Waals surface area contributed by atoms with Crippen molar-refractivity contribution in [3.8, 4) is 17.2 Å². The van der Waals surface area contributed by atoms with Gasteiger partial charge in [0.1, 0.15) is 18.5 Å². The first kappa shape index (κ1) is 18.3. The van der Waals surface area contributed by atoms with Gasteiger partial charge in [0.15, 0.2) is 11.5 Å². The summed E-state index contributed by atoms with van der Waals surface area (Å²) in [6, 6.07) is 9.39. The third-order valence-electron chi connectivity index (χ3n) is 3.76. The lowest BCUT2D eigenvalue weighted by molar-refractivity contribution is 0.105. The van der Waals surface area contributed by atoms with E-state index in [4.69, 9.17) is 25.8 Å². The average Bonchev–Trinajstić information content (AvgIpc) is 3.01. The Balaban J connectivity index is 1.45. The van der Waals surface area contributed by atoms with Gasteiger partial charge < -0.3 is 24.6 Å². The molecule has 0 spiro atoms. The molecule has 0 aliphatic carbocycles. The summed E-state index contributed by atoms with van der Waals surface area (Å²) >= 11 is 9.41. The number of hydrogen-bond acceptors (Lipinski definition) is 5. The second-order valence-electron chi connectivity index (χ2n) is 5.82. The molecule has 7 heteroatoms. The van der Waals surface area contributed by atoms with Crippen molar-refractivity contribution in [1.29, 1.82) is 0 Å². The lowest BCUT2D eigenvalue weighted by Crippen LogP contribution is -2.31. The van der Waals surface area contributed by atoms with Gasteiger partial charge in [-0.15, -0.1) is 0 Å². The van der Waals surface area contributed by atoms with Gasteiger partial charge in [-0.05, 0) is 58.2 Å². The van der Waals surface area contributed by atoms with Crippen LogP contribution in [0.1, 0.15) is 11.1 Å². The zero-order chi connectivity index (χ0) is 17.8. The van der Waals surface area contributed by atoms with Crippen LogP contribution < -0.4 is 19.5 Å². The summed E-state index contributed by atoms with van der Waals surface area (Å²) in [5.74, 6) is 2.21. The van der Waals surface area contributed by atoms with E-state index in [2.05, 4.69) is 21.2 Å². The standard InChI is InChI=1S/C18H19BrClNO4/c1-11-4-13(20)6-15(19)18(11)23-9-14(22)8-21-7-12-2-3-16-17(5-12)25-10-24-16/h2-6,14,21-22H,7-10H2,1H3. The van der Waals surface area contributed by atoms with E-state index < -0.39 is 6.10 Å². The van der Waals surface area contributed by atoms with Crippen LogP contribution in [0.25, 0.3) is 0 Å². The number of fused-ring (bicyclic) bond motifs is 1. The average molecular weight is 429 g/mol. The molecule has 0 fully saturated rings. The van der Waals surface area contributed by atoms with Crippen LogP contribution in [-0.4, -0.2) is 31.2 Å². The summed E-state index contributed by atoms with van der Waals surface area (Å²) in [6.07, 6.45) is -0.629. The second kappa shape index (κ2) is 8.27. The maximum Gasteiger partial charge on any atom is 0.231 e. The molecule has 0 bridgehead atoms. The van der Waals surface area contributed by atoms with Crippen LogP contribution in [-0.2, 0) is 6.54 Å². The van der Waals surface area contributed by atoms with Crippen molar-refractivity contribution in [2.45, 2.75) is 19.6 Å². The van der Waals surface area contributed by atoms with E-state index in [-0.39, 0.29) is 13.4 Å². The maximum absolute atomic E-state index is 10.1. The minimum Gasteiger partial charge on any atom is -0.489 e. The number of benzene rings is 2. The molecule has 1 aliphatic rings. The first-order chi connectivity index (χ1) is 12.0. The molecule has 3 rings (SSSR count). The van der Waals surface area contributed by atoms with Crippen molar-refractivity contribution >= 4 is 27.5 Å². The van der Waals surface area contributed by atoms with Crippen LogP contribution in [0.5, 0.6) is 17.2 Å². The molecule has 134 valence electrons. The second-order valence-corrected chi connectivity index (χ2v) is 7.11. The Bertz CT molecular complexity index is 733. The lowest BCUT2D eigenvalue weighted by atomic mass is 10.2. The maximum atomic E-state index is 10.1. The van der Waals surface area contributed by atoms with E-state index in [0.29, 0.717) is 23.9 Å². The molecule has 0 radical (unpaired) electrons. The smallest absolute Gasteiger partial charge is 0.231 e. The van der Waals surface area contributed by atoms with Crippen LogP contribution in [0.15, 0.2) is 34.8 Å². The molecule has 1 heterocycles.